The van der Waals surface area contributed by atoms with Gasteiger partial charge in [0.1, 0.15) is 17.6 Å². The molecule has 1 aliphatic heterocycles. The maximum absolute atomic E-state index is 11.8. The standard InChI is InChI=1S/C17H26N2O3/c1-4-21-15-9-13-8-12(2)22-16(13)10-14(15)11-19-17(20)6-5-7-18-3/h9-10,12,18H,4-8,11H2,1-3H3,(H,19,20). The molecule has 1 aromatic rings. The molecule has 0 radical (unpaired) electrons. The van der Waals surface area contributed by atoms with Crippen LogP contribution in [-0.2, 0) is 17.8 Å². The molecule has 2 rings (SSSR count). The molecule has 0 saturated heterocycles. The van der Waals surface area contributed by atoms with E-state index in [0.717, 1.165) is 36.4 Å². The molecule has 0 aliphatic carbocycles. The fourth-order valence-electron chi connectivity index (χ4n) is 2.62. The topological polar surface area (TPSA) is 59.6 Å². The molecule has 5 nitrogen and oxygen atoms in total. The first-order chi connectivity index (χ1) is 10.6. The van der Waals surface area contributed by atoms with Gasteiger partial charge in [-0.1, -0.05) is 0 Å². The van der Waals surface area contributed by atoms with Gasteiger partial charge < -0.3 is 20.1 Å². The smallest absolute Gasteiger partial charge is 0.220 e. The van der Waals surface area contributed by atoms with Crippen LogP contribution in [0, 0.1) is 0 Å². The minimum Gasteiger partial charge on any atom is -0.494 e. The molecule has 0 aromatic heterocycles. The Bertz CT molecular complexity index is 517. The number of ether oxygens (including phenoxy) is 2. The minimum absolute atomic E-state index is 0.0625. The Kier molecular flexibility index (Phi) is 6.07. The van der Waals surface area contributed by atoms with E-state index in [1.165, 1.54) is 5.56 Å². The van der Waals surface area contributed by atoms with Crippen molar-refractivity contribution in [1.82, 2.24) is 10.6 Å². The lowest BCUT2D eigenvalue weighted by atomic mass is 10.1. The van der Waals surface area contributed by atoms with Crippen LogP contribution in [0.5, 0.6) is 11.5 Å². The summed E-state index contributed by atoms with van der Waals surface area (Å²) in [6.45, 7) is 5.95. The highest BCUT2D eigenvalue weighted by Gasteiger charge is 2.21. The van der Waals surface area contributed by atoms with Crippen molar-refractivity contribution in [2.24, 2.45) is 0 Å². The molecule has 5 heteroatoms. The third-order valence-corrected chi connectivity index (χ3v) is 3.69. The van der Waals surface area contributed by atoms with Gasteiger partial charge in [-0.3, -0.25) is 4.79 Å². The number of benzene rings is 1. The Hall–Kier alpha value is -1.75. The molecule has 0 bridgehead atoms. The van der Waals surface area contributed by atoms with E-state index in [1.807, 2.05) is 26.1 Å². The Balaban J connectivity index is 2.00. The second-order valence-electron chi connectivity index (χ2n) is 5.62. The van der Waals surface area contributed by atoms with Gasteiger partial charge in [-0.05, 0) is 46.0 Å². The zero-order valence-corrected chi connectivity index (χ0v) is 13.7. The zero-order chi connectivity index (χ0) is 15.9. The molecule has 0 saturated carbocycles. The lowest BCUT2D eigenvalue weighted by Crippen LogP contribution is -2.24. The highest BCUT2D eigenvalue weighted by molar-refractivity contribution is 5.76. The van der Waals surface area contributed by atoms with Crippen LogP contribution in [0.4, 0.5) is 0 Å². The van der Waals surface area contributed by atoms with E-state index in [4.69, 9.17) is 9.47 Å². The first-order valence-corrected chi connectivity index (χ1v) is 8.00. The molecule has 0 fully saturated rings. The number of fused-ring (bicyclic) bond motifs is 1. The summed E-state index contributed by atoms with van der Waals surface area (Å²) in [4.78, 5) is 11.8. The SMILES string of the molecule is CCOc1cc2c(cc1CNC(=O)CCCNC)OC(C)C2. The number of carbonyl (C=O) groups is 1. The van der Waals surface area contributed by atoms with Crippen LogP contribution in [0.15, 0.2) is 12.1 Å². The van der Waals surface area contributed by atoms with Crippen molar-refractivity contribution < 1.29 is 14.3 Å². The number of rotatable bonds is 8. The molecule has 1 atom stereocenters. The summed E-state index contributed by atoms with van der Waals surface area (Å²) < 4.78 is 11.5. The summed E-state index contributed by atoms with van der Waals surface area (Å²) >= 11 is 0. The summed E-state index contributed by atoms with van der Waals surface area (Å²) in [6, 6.07) is 4.04. The molecule has 2 N–H and O–H groups in total. The molecule has 1 unspecified atom stereocenters. The summed E-state index contributed by atoms with van der Waals surface area (Å²) in [7, 11) is 1.89. The van der Waals surface area contributed by atoms with Crippen LogP contribution in [0.2, 0.25) is 0 Å². The molecule has 122 valence electrons. The maximum Gasteiger partial charge on any atom is 0.220 e. The van der Waals surface area contributed by atoms with Crippen molar-refractivity contribution in [1.29, 1.82) is 0 Å². The van der Waals surface area contributed by atoms with Gasteiger partial charge in [-0.25, -0.2) is 0 Å². The third kappa shape index (κ3) is 4.37. The molecule has 1 aliphatic rings. The Morgan fingerprint density at radius 3 is 3.00 bits per heavy atom. The van der Waals surface area contributed by atoms with Crippen LogP contribution < -0.4 is 20.1 Å². The number of hydrogen-bond donors (Lipinski definition) is 2. The normalized spacial score (nSPS) is 16.0. The predicted octanol–water partition coefficient (Wildman–Crippen LogP) is 2.02. The largest absolute Gasteiger partial charge is 0.494 e. The van der Waals surface area contributed by atoms with Crippen molar-refractivity contribution in [3.63, 3.8) is 0 Å². The predicted molar refractivity (Wildman–Crippen MR) is 86.4 cm³/mol. The van der Waals surface area contributed by atoms with Gasteiger partial charge in [0.25, 0.3) is 0 Å². The van der Waals surface area contributed by atoms with Crippen molar-refractivity contribution >= 4 is 5.91 Å². The van der Waals surface area contributed by atoms with Gasteiger partial charge in [0.2, 0.25) is 5.91 Å². The minimum atomic E-state index is 0.0625. The Morgan fingerprint density at radius 1 is 1.45 bits per heavy atom. The summed E-state index contributed by atoms with van der Waals surface area (Å²) in [6.07, 6.45) is 2.48. The van der Waals surface area contributed by atoms with Gasteiger partial charge in [-0.15, -0.1) is 0 Å². The summed E-state index contributed by atoms with van der Waals surface area (Å²) in [5, 5.41) is 6.00. The van der Waals surface area contributed by atoms with E-state index in [0.29, 0.717) is 19.6 Å². The summed E-state index contributed by atoms with van der Waals surface area (Å²) in [5.41, 5.74) is 2.15. The van der Waals surface area contributed by atoms with Gasteiger partial charge in [0, 0.05) is 30.5 Å². The van der Waals surface area contributed by atoms with Crippen LogP contribution in [0.1, 0.15) is 37.8 Å². The number of carbonyl (C=O) groups excluding carboxylic acids is 1. The molecule has 1 aromatic carbocycles. The lowest BCUT2D eigenvalue weighted by Gasteiger charge is -2.13. The van der Waals surface area contributed by atoms with E-state index < -0.39 is 0 Å². The van der Waals surface area contributed by atoms with Crippen LogP contribution in [-0.4, -0.2) is 32.2 Å². The van der Waals surface area contributed by atoms with E-state index in [1.54, 1.807) is 0 Å². The molecule has 1 amide bonds. The highest BCUT2D eigenvalue weighted by atomic mass is 16.5. The third-order valence-electron chi connectivity index (χ3n) is 3.69. The number of nitrogens with one attached hydrogen (secondary N) is 2. The molecule has 22 heavy (non-hydrogen) atoms. The number of amides is 1. The maximum atomic E-state index is 11.8. The van der Waals surface area contributed by atoms with E-state index >= 15 is 0 Å². The van der Waals surface area contributed by atoms with Crippen LogP contribution in [0.25, 0.3) is 0 Å². The van der Waals surface area contributed by atoms with E-state index in [-0.39, 0.29) is 12.0 Å². The molecule has 1 heterocycles. The van der Waals surface area contributed by atoms with E-state index in [2.05, 4.69) is 17.6 Å². The number of hydrogen-bond acceptors (Lipinski definition) is 4. The first kappa shape index (κ1) is 16.6. The van der Waals surface area contributed by atoms with Crippen molar-refractivity contribution in [2.75, 3.05) is 20.2 Å². The fourth-order valence-corrected chi connectivity index (χ4v) is 2.62. The molecular formula is C17H26N2O3. The van der Waals surface area contributed by atoms with Crippen LogP contribution in [0.3, 0.4) is 0 Å². The Morgan fingerprint density at radius 2 is 2.27 bits per heavy atom. The Labute approximate surface area is 132 Å². The van der Waals surface area contributed by atoms with Gasteiger partial charge in [0.05, 0.1) is 6.61 Å². The highest BCUT2D eigenvalue weighted by Crippen LogP contribution is 2.35. The van der Waals surface area contributed by atoms with Crippen molar-refractivity contribution in [2.45, 2.75) is 45.8 Å². The molecular weight excluding hydrogens is 280 g/mol. The van der Waals surface area contributed by atoms with Crippen molar-refractivity contribution in [3.05, 3.63) is 23.3 Å². The fraction of sp³-hybridized carbons (Fsp3) is 0.588. The van der Waals surface area contributed by atoms with Crippen LogP contribution >= 0.6 is 0 Å². The zero-order valence-electron chi connectivity index (χ0n) is 13.7. The summed E-state index contributed by atoms with van der Waals surface area (Å²) in [5.74, 6) is 1.82. The lowest BCUT2D eigenvalue weighted by molar-refractivity contribution is -0.121. The van der Waals surface area contributed by atoms with Crippen molar-refractivity contribution in [3.8, 4) is 11.5 Å². The monoisotopic (exact) mass is 306 g/mol. The van der Waals surface area contributed by atoms with E-state index in [9.17, 15) is 4.79 Å². The second kappa shape index (κ2) is 8.03. The second-order valence-corrected chi connectivity index (χ2v) is 5.62. The molecule has 0 spiro atoms. The quantitative estimate of drug-likeness (QED) is 0.722. The van der Waals surface area contributed by atoms with Gasteiger partial charge in [-0.2, -0.15) is 0 Å². The van der Waals surface area contributed by atoms with Gasteiger partial charge >= 0.3 is 0 Å². The van der Waals surface area contributed by atoms with Gasteiger partial charge in [0.15, 0.2) is 0 Å². The first-order valence-electron chi connectivity index (χ1n) is 8.00. The average Bonchev–Trinajstić information content (AvgIpc) is 2.84. The average molecular weight is 306 g/mol.